The van der Waals surface area contributed by atoms with E-state index in [0.29, 0.717) is 31.4 Å². The number of rotatable bonds is 2. The Morgan fingerprint density at radius 3 is 2.67 bits per heavy atom. The Hall–Kier alpha value is -2.18. The SMILES string of the molecule is Cc1cc(C)c(NC(=O)c2sc3ncn(C)c(=O)c3c2C)c(Cl)c1. The summed E-state index contributed by atoms with van der Waals surface area (Å²) in [6.07, 6.45) is 1.46. The number of amides is 1. The maximum absolute atomic E-state index is 12.7. The van der Waals surface area contributed by atoms with Crippen molar-refractivity contribution < 1.29 is 4.79 Å². The third-order valence-corrected chi connectivity index (χ3v) is 5.38. The molecule has 5 nitrogen and oxygen atoms in total. The third-order valence-electron chi connectivity index (χ3n) is 3.89. The normalized spacial score (nSPS) is 11.0. The average Bonchev–Trinajstić information content (AvgIpc) is 2.84. The minimum atomic E-state index is -0.286. The van der Waals surface area contributed by atoms with E-state index in [1.807, 2.05) is 19.9 Å². The van der Waals surface area contributed by atoms with Crippen molar-refractivity contribution in [2.75, 3.05) is 5.32 Å². The molecule has 0 bridgehead atoms. The second kappa shape index (κ2) is 6.03. The highest BCUT2D eigenvalue weighted by atomic mass is 35.5. The van der Waals surface area contributed by atoms with Crippen LogP contribution in [0.5, 0.6) is 0 Å². The van der Waals surface area contributed by atoms with Gasteiger partial charge in [-0.2, -0.15) is 0 Å². The van der Waals surface area contributed by atoms with Crippen molar-refractivity contribution in [1.82, 2.24) is 9.55 Å². The van der Waals surface area contributed by atoms with Gasteiger partial charge < -0.3 is 9.88 Å². The lowest BCUT2D eigenvalue weighted by Crippen LogP contribution is -2.17. The summed E-state index contributed by atoms with van der Waals surface area (Å²) in [6.45, 7) is 5.60. The van der Waals surface area contributed by atoms with Crippen LogP contribution in [0.15, 0.2) is 23.3 Å². The Labute approximate surface area is 147 Å². The van der Waals surface area contributed by atoms with Crippen LogP contribution in [-0.2, 0) is 7.05 Å². The molecule has 0 aliphatic rings. The van der Waals surface area contributed by atoms with Crippen molar-refractivity contribution in [3.63, 3.8) is 0 Å². The number of hydrogen-bond acceptors (Lipinski definition) is 4. The lowest BCUT2D eigenvalue weighted by Gasteiger charge is -2.11. The number of nitrogens with zero attached hydrogens (tertiary/aromatic N) is 2. The van der Waals surface area contributed by atoms with Crippen LogP contribution >= 0.6 is 22.9 Å². The molecule has 1 amide bonds. The minimum absolute atomic E-state index is 0.155. The van der Waals surface area contributed by atoms with E-state index in [2.05, 4.69) is 10.3 Å². The first kappa shape index (κ1) is 16.7. The summed E-state index contributed by atoms with van der Waals surface area (Å²) >= 11 is 7.46. The quantitative estimate of drug-likeness (QED) is 0.754. The third kappa shape index (κ3) is 2.72. The molecule has 124 valence electrons. The Morgan fingerprint density at radius 1 is 1.29 bits per heavy atom. The summed E-state index contributed by atoms with van der Waals surface area (Å²) in [5.74, 6) is -0.286. The van der Waals surface area contributed by atoms with Gasteiger partial charge in [-0.25, -0.2) is 4.98 Å². The number of fused-ring (bicyclic) bond motifs is 1. The predicted octanol–water partition coefficient (Wildman–Crippen LogP) is 3.83. The molecule has 3 rings (SSSR count). The van der Waals surface area contributed by atoms with Crippen LogP contribution in [0, 0.1) is 20.8 Å². The fourth-order valence-electron chi connectivity index (χ4n) is 2.67. The molecule has 24 heavy (non-hydrogen) atoms. The van der Waals surface area contributed by atoms with Crippen LogP contribution in [0.2, 0.25) is 5.02 Å². The number of hydrogen-bond donors (Lipinski definition) is 1. The van der Waals surface area contributed by atoms with Crippen molar-refractivity contribution in [2.24, 2.45) is 7.05 Å². The lowest BCUT2D eigenvalue weighted by molar-refractivity contribution is 0.103. The zero-order valence-corrected chi connectivity index (χ0v) is 15.3. The molecule has 2 aromatic heterocycles. The zero-order chi connectivity index (χ0) is 17.6. The van der Waals surface area contributed by atoms with Gasteiger partial charge in [0.2, 0.25) is 0 Å². The van der Waals surface area contributed by atoms with Gasteiger partial charge in [0.05, 0.1) is 27.3 Å². The van der Waals surface area contributed by atoms with Gasteiger partial charge in [-0.3, -0.25) is 9.59 Å². The maximum atomic E-state index is 12.7. The maximum Gasteiger partial charge on any atom is 0.266 e. The van der Waals surface area contributed by atoms with Crippen LogP contribution < -0.4 is 10.9 Å². The molecule has 1 N–H and O–H groups in total. The Bertz CT molecular complexity index is 1010. The molecule has 0 spiro atoms. The van der Waals surface area contributed by atoms with E-state index in [4.69, 9.17) is 11.6 Å². The minimum Gasteiger partial charge on any atom is -0.320 e. The van der Waals surface area contributed by atoms with Gasteiger partial charge in [0, 0.05) is 7.05 Å². The van der Waals surface area contributed by atoms with Crippen LogP contribution in [-0.4, -0.2) is 15.5 Å². The molecular formula is C17H16ClN3O2S. The van der Waals surface area contributed by atoms with Gasteiger partial charge in [-0.15, -0.1) is 11.3 Å². The summed E-state index contributed by atoms with van der Waals surface area (Å²) in [7, 11) is 1.64. The van der Waals surface area contributed by atoms with Gasteiger partial charge in [-0.05, 0) is 43.5 Å². The molecule has 0 aliphatic heterocycles. The Kier molecular flexibility index (Phi) is 4.19. The van der Waals surface area contributed by atoms with Crippen LogP contribution in [0.25, 0.3) is 10.2 Å². The second-order valence-corrected chi connectivity index (χ2v) is 7.20. The van der Waals surface area contributed by atoms with E-state index >= 15 is 0 Å². The number of anilines is 1. The zero-order valence-electron chi connectivity index (χ0n) is 13.7. The lowest BCUT2D eigenvalue weighted by atomic mass is 10.1. The fraction of sp³-hybridized carbons (Fsp3) is 0.235. The first-order chi connectivity index (χ1) is 11.3. The molecule has 2 heterocycles. The molecule has 7 heteroatoms. The number of benzene rings is 1. The van der Waals surface area contributed by atoms with E-state index in [9.17, 15) is 9.59 Å². The largest absolute Gasteiger partial charge is 0.320 e. The van der Waals surface area contributed by atoms with Crippen molar-refractivity contribution in [3.8, 4) is 0 Å². The molecule has 1 aromatic carbocycles. The molecule has 0 radical (unpaired) electrons. The smallest absolute Gasteiger partial charge is 0.266 e. The highest BCUT2D eigenvalue weighted by Crippen LogP contribution is 2.31. The molecule has 0 unspecified atom stereocenters. The van der Waals surface area contributed by atoms with Crippen molar-refractivity contribution >= 4 is 44.7 Å². The van der Waals surface area contributed by atoms with Crippen molar-refractivity contribution in [1.29, 1.82) is 0 Å². The van der Waals surface area contributed by atoms with E-state index in [-0.39, 0.29) is 11.5 Å². The van der Waals surface area contributed by atoms with Gasteiger partial charge in [-0.1, -0.05) is 17.7 Å². The van der Waals surface area contributed by atoms with Crippen LogP contribution in [0.1, 0.15) is 26.4 Å². The topological polar surface area (TPSA) is 64.0 Å². The van der Waals surface area contributed by atoms with Gasteiger partial charge in [0.25, 0.3) is 11.5 Å². The summed E-state index contributed by atoms with van der Waals surface area (Å²) in [5.41, 5.74) is 2.99. The Balaban J connectivity index is 2.06. The number of carbonyl (C=O) groups is 1. The molecule has 0 saturated carbocycles. The van der Waals surface area contributed by atoms with Gasteiger partial charge >= 0.3 is 0 Å². The summed E-state index contributed by atoms with van der Waals surface area (Å²) in [4.78, 5) is 30.2. The number of thiophene rings is 1. The highest BCUT2D eigenvalue weighted by molar-refractivity contribution is 7.20. The van der Waals surface area contributed by atoms with E-state index in [1.54, 1.807) is 20.0 Å². The van der Waals surface area contributed by atoms with E-state index in [1.165, 1.54) is 22.2 Å². The monoisotopic (exact) mass is 361 g/mol. The van der Waals surface area contributed by atoms with E-state index in [0.717, 1.165) is 11.1 Å². The van der Waals surface area contributed by atoms with Crippen molar-refractivity contribution in [3.05, 3.63) is 55.4 Å². The number of nitrogens with one attached hydrogen (secondary N) is 1. The second-order valence-electron chi connectivity index (χ2n) is 5.79. The first-order valence-corrected chi connectivity index (χ1v) is 8.52. The number of aryl methyl sites for hydroxylation is 4. The molecule has 0 aliphatic carbocycles. The summed E-state index contributed by atoms with van der Waals surface area (Å²) in [5, 5.41) is 3.84. The summed E-state index contributed by atoms with van der Waals surface area (Å²) < 4.78 is 1.41. The van der Waals surface area contributed by atoms with Crippen LogP contribution in [0.3, 0.4) is 0 Å². The molecule has 0 fully saturated rings. The van der Waals surface area contributed by atoms with Crippen LogP contribution in [0.4, 0.5) is 5.69 Å². The number of carbonyl (C=O) groups excluding carboxylic acids is 1. The summed E-state index contributed by atoms with van der Waals surface area (Å²) in [6, 6.07) is 3.76. The Morgan fingerprint density at radius 2 is 2.00 bits per heavy atom. The number of halogens is 1. The molecule has 0 saturated heterocycles. The number of aromatic nitrogens is 2. The predicted molar refractivity (Wildman–Crippen MR) is 98.5 cm³/mol. The fourth-order valence-corrected chi connectivity index (χ4v) is 4.07. The van der Waals surface area contributed by atoms with Gasteiger partial charge in [0.15, 0.2) is 0 Å². The van der Waals surface area contributed by atoms with Gasteiger partial charge in [0.1, 0.15) is 4.83 Å². The standard InChI is InChI=1S/C17H16ClN3O2S/c1-8-5-9(2)13(11(18)6-8)20-15(22)14-10(3)12-16(24-14)19-7-21(4)17(12)23/h5-7H,1-4H3,(H,20,22). The van der Waals surface area contributed by atoms with Crippen molar-refractivity contribution in [2.45, 2.75) is 20.8 Å². The molecule has 0 atom stereocenters. The molecular weight excluding hydrogens is 346 g/mol. The first-order valence-electron chi connectivity index (χ1n) is 7.32. The molecule has 3 aromatic rings. The average molecular weight is 362 g/mol. The highest BCUT2D eigenvalue weighted by Gasteiger charge is 2.20. The van der Waals surface area contributed by atoms with E-state index < -0.39 is 0 Å².